The van der Waals surface area contributed by atoms with E-state index >= 15 is 0 Å². The third kappa shape index (κ3) is 1.54. The molecule has 2 heterocycles. The molecule has 1 atom stereocenters. The number of halogens is 1. The highest BCUT2D eigenvalue weighted by Gasteiger charge is 2.07. The molecule has 2 aromatic heterocycles. The number of hydrogen-bond donors (Lipinski definition) is 2. The Labute approximate surface area is 89.5 Å². The molecule has 4 nitrogen and oxygen atoms in total. The lowest BCUT2D eigenvalue weighted by Crippen LogP contribution is -2.14. The topological polar surface area (TPSA) is 63.5 Å². The first-order chi connectivity index (χ1) is 6.72. The summed E-state index contributed by atoms with van der Waals surface area (Å²) >= 11 is 3.34. The van der Waals surface area contributed by atoms with Crippen molar-refractivity contribution in [3.8, 4) is 0 Å². The number of aliphatic hydroxyl groups excluding tert-OH is 1. The van der Waals surface area contributed by atoms with Crippen molar-refractivity contribution in [1.82, 2.24) is 9.38 Å². The maximum absolute atomic E-state index is 8.92. The summed E-state index contributed by atoms with van der Waals surface area (Å²) in [6, 6.07) is 3.46. The van der Waals surface area contributed by atoms with E-state index in [1.807, 2.05) is 22.7 Å². The van der Waals surface area contributed by atoms with Gasteiger partial charge in [-0.25, -0.2) is 4.98 Å². The number of imidazole rings is 1. The number of nitrogens with two attached hydrogens (primary N) is 1. The number of rotatable bonds is 2. The smallest absolute Gasteiger partial charge is 0.131 e. The zero-order valence-corrected chi connectivity index (χ0v) is 8.98. The molecule has 0 aliphatic carbocycles. The van der Waals surface area contributed by atoms with Crippen molar-refractivity contribution in [2.24, 2.45) is 5.73 Å². The van der Waals surface area contributed by atoms with Gasteiger partial charge in [-0.2, -0.15) is 0 Å². The second-order valence-electron chi connectivity index (χ2n) is 3.08. The molecular formula is C9H10BrN3O. The predicted octanol–water partition coefficient (Wildman–Crippen LogP) is 1.09. The van der Waals surface area contributed by atoms with E-state index in [9.17, 15) is 0 Å². The van der Waals surface area contributed by atoms with E-state index in [2.05, 4.69) is 20.9 Å². The average Bonchev–Trinajstić information content (AvgIpc) is 2.59. The van der Waals surface area contributed by atoms with Crippen LogP contribution in [-0.4, -0.2) is 21.1 Å². The molecule has 3 N–H and O–H groups in total. The van der Waals surface area contributed by atoms with Crippen molar-refractivity contribution in [3.05, 3.63) is 34.8 Å². The Kier molecular flexibility index (Phi) is 2.54. The number of aliphatic hydroxyl groups is 1. The van der Waals surface area contributed by atoms with Crippen LogP contribution >= 0.6 is 15.9 Å². The lowest BCUT2D eigenvalue weighted by molar-refractivity contribution is 0.268. The highest BCUT2D eigenvalue weighted by Crippen LogP contribution is 2.19. The number of fused-ring (bicyclic) bond motifs is 1. The van der Waals surface area contributed by atoms with Crippen molar-refractivity contribution < 1.29 is 5.11 Å². The van der Waals surface area contributed by atoms with Gasteiger partial charge in [-0.05, 0) is 33.6 Å². The van der Waals surface area contributed by atoms with Crippen LogP contribution in [0.2, 0.25) is 0 Å². The molecule has 0 aliphatic heterocycles. The van der Waals surface area contributed by atoms with Gasteiger partial charge in [-0.1, -0.05) is 0 Å². The first-order valence-electron chi connectivity index (χ1n) is 4.21. The summed E-state index contributed by atoms with van der Waals surface area (Å²) in [4.78, 5) is 4.10. The molecule has 0 amide bonds. The van der Waals surface area contributed by atoms with Crippen LogP contribution in [0.3, 0.4) is 0 Å². The van der Waals surface area contributed by atoms with Crippen LogP contribution in [0.25, 0.3) is 5.52 Å². The molecule has 0 aliphatic rings. The molecule has 0 aromatic carbocycles. The van der Waals surface area contributed by atoms with Crippen LogP contribution in [-0.2, 0) is 0 Å². The second-order valence-corrected chi connectivity index (χ2v) is 3.83. The van der Waals surface area contributed by atoms with Gasteiger partial charge in [0.15, 0.2) is 0 Å². The quantitative estimate of drug-likeness (QED) is 0.845. The Morgan fingerprint density at radius 3 is 3.14 bits per heavy atom. The molecule has 14 heavy (non-hydrogen) atoms. The summed E-state index contributed by atoms with van der Waals surface area (Å²) in [6.07, 6.45) is 3.59. The van der Waals surface area contributed by atoms with E-state index < -0.39 is 0 Å². The molecule has 0 fully saturated rings. The number of aromatic nitrogens is 2. The van der Waals surface area contributed by atoms with Gasteiger partial charge < -0.3 is 15.2 Å². The summed E-state index contributed by atoms with van der Waals surface area (Å²) in [5.41, 5.74) is 7.56. The van der Waals surface area contributed by atoms with Crippen LogP contribution in [0.4, 0.5) is 0 Å². The van der Waals surface area contributed by atoms with Crippen molar-refractivity contribution in [1.29, 1.82) is 0 Å². The van der Waals surface area contributed by atoms with Crippen molar-refractivity contribution in [2.75, 3.05) is 6.61 Å². The Hall–Kier alpha value is -0.910. The fourth-order valence-electron chi connectivity index (χ4n) is 1.31. The van der Waals surface area contributed by atoms with Gasteiger partial charge in [-0.15, -0.1) is 0 Å². The maximum Gasteiger partial charge on any atom is 0.131 e. The third-order valence-electron chi connectivity index (χ3n) is 2.14. The second kappa shape index (κ2) is 3.68. The lowest BCUT2D eigenvalue weighted by atomic mass is 10.1. The zero-order chi connectivity index (χ0) is 10.1. The van der Waals surface area contributed by atoms with E-state index in [0.717, 1.165) is 15.7 Å². The highest BCUT2D eigenvalue weighted by atomic mass is 79.9. The number of pyridine rings is 1. The highest BCUT2D eigenvalue weighted by molar-refractivity contribution is 9.10. The van der Waals surface area contributed by atoms with Gasteiger partial charge in [0.05, 0.1) is 18.2 Å². The summed E-state index contributed by atoms with van der Waals surface area (Å²) in [6.45, 7) is -0.0536. The predicted molar refractivity (Wildman–Crippen MR) is 56.9 cm³/mol. The molecule has 0 bridgehead atoms. The normalized spacial score (nSPS) is 13.4. The first kappa shape index (κ1) is 9.64. The fraction of sp³-hybridized carbons (Fsp3) is 0.222. The Bertz CT molecular complexity index is 454. The molecule has 0 radical (unpaired) electrons. The minimum Gasteiger partial charge on any atom is -0.394 e. The SMILES string of the molecule is NC(CO)c1ccn2cnc(Br)c2c1. The van der Waals surface area contributed by atoms with Gasteiger partial charge in [-0.3, -0.25) is 0 Å². The summed E-state index contributed by atoms with van der Waals surface area (Å²) in [5, 5.41) is 8.92. The largest absolute Gasteiger partial charge is 0.394 e. The minimum atomic E-state index is -0.332. The van der Waals surface area contributed by atoms with Gasteiger partial charge in [0.25, 0.3) is 0 Å². The van der Waals surface area contributed by atoms with Gasteiger partial charge in [0, 0.05) is 6.20 Å². The van der Waals surface area contributed by atoms with E-state index in [1.54, 1.807) is 6.33 Å². The maximum atomic E-state index is 8.92. The van der Waals surface area contributed by atoms with Gasteiger partial charge in [0.2, 0.25) is 0 Å². The van der Waals surface area contributed by atoms with E-state index in [0.29, 0.717) is 0 Å². The van der Waals surface area contributed by atoms with Gasteiger partial charge in [0.1, 0.15) is 10.9 Å². The van der Waals surface area contributed by atoms with E-state index in [4.69, 9.17) is 10.8 Å². The average molecular weight is 256 g/mol. The summed E-state index contributed by atoms with van der Waals surface area (Å²) in [5.74, 6) is 0. The molecule has 0 spiro atoms. The first-order valence-corrected chi connectivity index (χ1v) is 5.00. The van der Waals surface area contributed by atoms with Crippen LogP contribution in [0.5, 0.6) is 0 Å². The van der Waals surface area contributed by atoms with Crippen LogP contribution in [0, 0.1) is 0 Å². The van der Waals surface area contributed by atoms with Crippen LogP contribution < -0.4 is 5.73 Å². The lowest BCUT2D eigenvalue weighted by Gasteiger charge is -2.08. The fourth-order valence-corrected chi connectivity index (χ4v) is 1.72. The molecule has 74 valence electrons. The van der Waals surface area contributed by atoms with Gasteiger partial charge >= 0.3 is 0 Å². The molecule has 0 saturated heterocycles. The Morgan fingerprint density at radius 1 is 1.64 bits per heavy atom. The van der Waals surface area contributed by atoms with Crippen molar-refractivity contribution in [2.45, 2.75) is 6.04 Å². The molecule has 0 saturated carbocycles. The Morgan fingerprint density at radius 2 is 2.43 bits per heavy atom. The molecule has 5 heteroatoms. The zero-order valence-electron chi connectivity index (χ0n) is 7.39. The molecule has 2 rings (SSSR count). The summed E-state index contributed by atoms with van der Waals surface area (Å²) in [7, 11) is 0. The molecular weight excluding hydrogens is 246 g/mol. The van der Waals surface area contributed by atoms with Crippen molar-refractivity contribution >= 4 is 21.4 Å². The molecule has 1 unspecified atom stereocenters. The standard InChI is InChI=1S/C9H10BrN3O/c10-9-8-3-6(7(11)4-14)1-2-13(8)5-12-9/h1-3,5,7,14H,4,11H2. The van der Waals surface area contributed by atoms with E-state index in [1.165, 1.54) is 0 Å². The van der Waals surface area contributed by atoms with E-state index in [-0.39, 0.29) is 12.6 Å². The third-order valence-corrected chi connectivity index (χ3v) is 2.75. The van der Waals surface area contributed by atoms with Crippen LogP contribution in [0.15, 0.2) is 29.3 Å². The monoisotopic (exact) mass is 255 g/mol. The number of hydrogen-bond acceptors (Lipinski definition) is 3. The summed E-state index contributed by atoms with van der Waals surface area (Å²) < 4.78 is 2.67. The minimum absolute atomic E-state index is 0.0536. The van der Waals surface area contributed by atoms with Crippen molar-refractivity contribution in [3.63, 3.8) is 0 Å². The van der Waals surface area contributed by atoms with Crippen LogP contribution in [0.1, 0.15) is 11.6 Å². The number of nitrogens with zero attached hydrogens (tertiary/aromatic N) is 2. The molecule has 2 aromatic rings. The Balaban J connectivity index is 2.54.